The normalized spacial score (nSPS) is 19.4. The van der Waals surface area contributed by atoms with Crippen molar-refractivity contribution >= 4 is 29.6 Å². The molecule has 1 aromatic carbocycles. The van der Waals surface area contributed by atoms with Gasteiger partial charge in [0, 0.05) is 39.6 Å². The largest absolute Gasteiger partial charge is 0.480 e. The van der Waals surface area contributed by atoms with Crippen molar-refractivity contribution < 1.29 is 33.8 Å². The zero-order valence-electron chi connectivity index (χ0n) is 32.8. The molecule has 9 atom stereocenters. The molecule has 1 aromatic rings. The van der Waals surface area contributed by atoms with Crippen LogP contribution in [0.5, 0.6) is 0 Å². The molecule has 12 heteroatoms. The molecule has 0 unspecified atom stereocenters. The number of hydrogen-bond acceptors (Lipinski definition) is 7. The molecule has 0 aromatic heterocycles. The lowest BCUT2D eigenvalue weighted by Gasteiger charge is -2.40. The molecule has 0 aliphatic carbocycles. The number of carbonyl (C=O) groups excluding carboxylic acids is 4. The summed E-state index contributed by atoms with van der Waals surface area (Å²) < 4.78 is 5.86. The van der Waals surface area contributed by atoms with Crippen LogP contribution in [0.4, 0.5) is 0 Å². The van der Waals surface area contributed by atoms with Gasteiger partial charge in [-0.2, -0.15) is 0 Å². The lowest BCUT2D eigenvalue weighted by molar-refractivity contribution is -0.145. The minimum absolute atomic E-state index is 0.0420. The Labute approximate surface area is 305 Å². The molecule has 1 fully saturated rings. The number of carbonyl (C=O) groups is 5. The predicted molar refractivity (Wildman–Crippen MR) is 199 cm³/mol. The van der Waals surface area contributed by atoms with Crippen LogP contribution in [-0.4, -0.2) is 109 Å². The van der Waals surface area contributed by atoms with Crippen LogP contribution in [0.25, 0.3) is 0 Å². The fourth-order valence-electron chi connectivity index (χ4n) is 7.61. The number of aliphatic carboxylic acids is 1. The number of likely N-dealkylation sites (N-methyl/N-ethyl adjacent to an activating group) is 2. The molecule has 4 amide bonds. The van der Waals surface area contributed by atoms with Crippen molar-refractivity contribution in [1.29, 1.82) is 0 Å². The summed E-state index contributed by atoms with van der Waals surface area (Å²) in [7, 11) is 5.01. The van der Waals surface area contributed by atoms with Gasteiger partial charge in [0.15, 0.2) is 0 Å². The number of hydrogen-bond donors (Lipinski definition) is 4. The zero-order chi connectivity index (χ0) is 38.6. The van der Waals surface area contributed by atoms with E-state index in [0.717, 1.165) is 18.4 Å². The van der Waals surface area contributed by atoms with Crippen LogP contribution >= 0.6 is 0 Å². The highest BCUT2D eigenvalue weighted by Gasteiger charge is 2.42. The van der Waals surface area contributed by atoms with Gasteiger partial charge in [-0.15, -0.1) is 0 Å². The van der Waals surface area contributed by atoms with E-state index >= 15 is 0 Å². The highest BCUT2D eigenvalue weighted by Crippen LogP contribution is 2.31. The molecule has 0 bridgehead atoms. The van der Waals surface area contributed by atoms with Gasteiger partial charge in [-0.05, 0) is 49.1 Å². The Kier molecular flexibility index (Phi) is 17.6. The molecule has 1 heterocycles. The van der Waals surface area contributed by atoms with Gasteiger partial charge in [0.1, 0.15) is 12.1 Å². The van der Waals surface area contributed by atoms with Crippen molar-refractivity contribution in [3.63, 3.8) is 0 Å². The predicted octanol–water partition coefficient (Wildman–Crippen LogP) is 3.72. The summed E-state index contributed by atoms with van der Waals surface area (Å²) >= 11 is 0. The number of nitrogens with one attached hydrogen (secondary N) is 3. The van der Waals surface area contributed by atoms with Gasteiger partial charge in [-0.3, -0.25) is 19.2 Å². The van der Waals surface area contributed by atoms with Crippen molar-refractivity contribution in [2.45, 2.75) is 124 Å². The third-order valence-electron chi connectivity index (χ3n) is 10.7. The monoisotopic (exact) mass is 715 g/mol. The van der Waals surface area contributed by atoms with Crippen molar-refractivity contribution in [2.24, 2.45) is 29.6 Å². The van der Waals surface area contributed by atoms with Gasteiger partial charge in [0.25, 0.3) is 0 Å². The first kappa shape index (κ1) is 43.7. The average Bonchev–Trinajstić information content (AvgIpc) is 3.57. The van der Waals surface area contributed by atoms with E-state index in [1.807, 2.05) is 65.0 Å². The Bertz CT molecular complexity index is 1290. The van der Waals surface area contributed by atoms with Crippen LogP contribution in [0.3, 0.4) is 0 Å². The van der Waals surface area contributed by atoms with Crippen molar-refractivity contribution in [3.05, 3.63) is 35.9 Å². The highest BCUT2D eigenvalue weighted by molar-refractivity contribution is 5.90. The first-order chi connectivity index (χ1) is 24.0. The van der Waals surface area contributed by atoms with Crippen LogP contribution in [0.2, 0.25) is 0 Å². The Morgan fingerprint density at radius 3 is 2.04 bits per heavy atom. The molecule has 0 spiro atoms. The molecule has 0 radical (unpaired) electrons. The second-order valence-electron chi connectivity index (χ2n) is 15.1. The number of benzene rings is 1. The maximum atomic E-state index is 14.1. The van der Waals surface area contributed by atoms with E-state index in [1.165, 1.54) is 7.11 Å². The Balaban J connectivity index is 2.21. The van der Waals surface area contributed by atoms with E-state index in [4.69, 9.17) is 4.74 Å². The summed E-state index contributed by atoms with van der Waals surface area (Å²) in [5.74, 6) is -3.02. The number of methoxy groups -OCH3 is 1. The number of likely N-dealkylation sites (tertiary alicyclic amines) is 1. The number of carboxylic acid groups (broad SMARTS) is 1. The summed E-state index contributed by atoms with van der Waals surface area (Å²) in [6.07, 6.45) is 1.88. The number of amides is 4. The molecule has 1 aliphatic rings. The van der Waals surface area contributed by atoms with Crippen LogP contribution < -0.4 is 16.0 Å². The molecule has 51 heavy (non-hydrogen) atoms. The maximum absolute atomic E-state index is 14.1. The SMILES string of the molecule is CC[C@H](C)[C@@H]([C@H](C)CC(=O)N1CCC[C@H]1[C@H](OC)[C@@H](C)C(=O)N[C@@H](Cc1ccccc1)C(=O)O)N(C)C(=O)[C@@H](NC(=O)[C@@H](NC)C(C)C)C(C)C. The fraction of sp³-hybridized carbons (Fsp3) is 0.718. The molecule has 0 saturated carbocycles. The minimum atomic E-state index is -1.13. The minimum Gasteiger partial charge on any atom is -0.480 e. The summed E-state index contributed by atoms with van der Waals surface area (Å²) in [6.45, 7) is 16.1. The van der Waals surface area contributed by atoms with Gasteiger partial charge < -0.3 is 35.6 Å². The Hall–Kier alpha value is -3.51. The second kappa shape index (κ2) is 20.5. The van der Waals surface area contributed by atoms with E-state index < -0.39 is 42.0 Å². The molecule has 288 valence electrons. The zero-order valence-corrected chi connectivity index (χ0v) is 32.8. The van der Waals surface area contributed by atoms with Gasteiger partial charge >= 0.3 is 5.97 Å². The van der Waals surface area contributed by atoms with Crippen LogP contribution in [0, 0.1) is 29.6 Å². The molecule has 4 N–H and O–H groups in total. The first-order valence-electron chi connectivity index (χ1n) is 18.6. The van der Waals surface area contributed by atoms with E-state index in [9.17, 15) is 29.1 Å². The summed E-state index contributed by atoms with van der Waals surface area (Å²) in [5.41, 5.74) is 0.795. The molecular formula is C39H65N5O7. The van der Waals surface area contributed by atoms with E-state index in [0.29, 0.717) is 13.0 Å². The van der Waals surface area contributed by atoms with E-state index in [-0.39, 0.29) is 66.3 Å². The van der Waals surface area contributed by atoms with Crippen LogP contribution in [0.15, 0.2) is 30.3 Å². The van der Waals surface area contributed by atoms with E-state index in [1.54, 1.807) is 30.8 Å². The van der Waals surface area contributed by atoms with Crippen LogP contribution in [0.1, 0.15) is 86.6 Å². The number of nitrogens with zero attached hydrogens (tertiary/aromatic N) is 2. The number of carboxylic acids is 1. The highest BCUT2D eigenvalue weighted by atomic mass is 16.5. The molecule has 2 rings (SSSR count). The topological polar surface area (TPSA) is 157 Å². The smallest absolute Gasteiger partial charge is 0.326 e. The molecular weight excluding hydrogens is 650 g/mol. The lowest BCUT2D eigenvalue weighted by atomic mass is 9.84. The van der Waals surface area contributed by atoms with Crippen molar-refractivity contribution in [3.8, 4) is 0 Å². The summed E-state index contributed by atoms with van der Waals surface area (Å²) in [5, 5.41) is 18.6. The van der Waals surface area contributed by atoms with Crippen molar-refractivity contribution in [1.82, 2.24) is 25.8 Å². The van der Waals surface area contributed by atoms with Gasteiger partial charge in [0.2, 0.25) is 23.6 Å². The van der Waals surface area contributed by atoms with Crippen LogP contribution in [-0.2, 0) is 35.1 Å². The van der Waals surface area contributed by atoms with E-state index in [2.05, 4.69) is 29.8 Å². The van der Waals surface area contributed by atoms with Gasteiger partial charge in [-0.1, -0.05) is 92.1 Å². The van der Waals surface area contributed by atoms with Gasteiger partial charge in [-0.25, -0.2) is 4.79 Å². The molecule has 12 nitrogen and oxygen atoms in total. The third-order valence-corrected chi connectivity index (χ3v) is 10.7. The summed E-state index contributed by atoms with van der Waals surface area (Å²) in [4.78, 5) is 70.2. The van der Waals surface area contributed by atoms with Crippen molar-refractivity contribution in [2.75, 3.05) is 27.7 Å². The van der Waals surface area contributed by atoms with Gasteiger partial charge in [0.05, 0.1) is 24.1 Å². The Morgan fingerprint density at radius 2 is 1.53 bits per heavy atom. The quantitative estimate of drug-likeness (QED) is 0.159. The third kappa shape index (κ3) is 11.8. The average molecular weight is 716 g/mol. The molecule has 1 saturated heterocycles. The standard InChI is InChI=1S/C39H65N5O7/c1-12-25(6)34(43(10)38(48)33(24(4)5)42-37(47)32(40-9)23(2)3)26(7)21-31(45)44-20-16-19-30(44)35(51-11)27(8)36(46)41-29(39(49)50)22-28-17-14-13-15-18-28/h13-15,17-18,23-27,29-30,32-35,40H,12,16,19-22H2,1-11H3,(H,41,46)(H,42,47)(H,49,50)/t25-,26+,27+,29-,30-,32-,33-,34-,35+/m0/s1. The lowest BCUT2D eigenvalue weighted by Crippen LogP contribution is -2.58. The second-order valence-corrected chi connectivity index (χ2v) is 15.1. The number of ether oxygens (including phenoxy) is 1. The first-order valence-corrected chi connectivity index (χ1v) is 18.6. The maximum Gasteiger partial charge on any atom is 0.326 e. The number of rotatable bonds is 20. The molecule has 1 aliphatic heterocycles. The Morgan fingerprint density at radius 1 is 0.922 bits per heavy atom. The fourth-order valence-corrected chi connectivity index (χ4v) is 7.61. The summed E-state index contributed by atoms with van der Waals surface area (Å²) in [6, 6.07) is 6.23.